The summed E-state index contributed by atoms with van der Waals surface area (Å²) in [6, 6.07) is 0.703. The van der Waals surface area contributed by atoms with Gasteiger partial charge in [-0.2, -0.15) is 0 Å². The molecule has 1 atom stereocenters. The quantitative estimate of drug-likeness (QED) is 0.722. The first-order valence-electron chi connectivity index (χ1n) is 6.67. The molecule has 0 aliphatic carbocycles. The Morgan fingerprint density at radius 3 is 2.56 bits per heavy atom. The van der Waals surface area contributed by atoms with Crippen LogP contribution in [0.5, 0.6) is 0 Å². The highest BCUT2D eigenvalue weighted by Gasteiger charge is 2.19. The molecule has 0 aromatic rings. The number of rotatable bonds is 5. The van der Waals surface area contributed by atoms with Crippen molar-refractivity contribution in [1.82, 2.24) is 10.2 Å². The Kier molecular flexibility index (Phi) is 5.50. The SMILES string of the molecule is CCCC(CNC(C)(C)C)N1CC=CCC1. The van der Waals surface area contributed by atoms with Crippen molar-refractivity contribution in [2.24, 2.45) is 0 Å². The maximum absolute atomic E-state index is 3.64. The van der Waals surface area contributed by atoms with Crippen LogP contribution >= 0.6 is 0 Å². The Labute approximate surface area is 101 Å². The minimum absolute atomic E-state index is 0.234. The normalized spacial score (nSPS) is 20.0. The number of nitrogens with one attached hydrogen (secondary N) is 1. The third kappa shape index (κ3) is 5.13. The standard InChI is InChI=1S/C14H28N2/c1-5-9-13(12-15-14(2,3)4)16-10-7-6-8-11-16/h6-7,13,15H,5,8-12H2,1-4H3. The fourth-order valence-electron chi connectivity index (χ4n) is 2.16. The van der Waals surface area contributed by atoms with Gasteiger partial charge in [0.15, 0.2) is 0 Å². The van der Waals surface area contributed by atoms with Gasteiger partial charge in [-0.25, -0.2) is 0 Å². The molecule has 16 heavy (non-hydrogen) atoms. The van der Waals surface area contributed by atoms with Gasteiger partial charge < -0.3 is 5.32 Å². The molecule has 1 aliphatic rings. The zero-order valence-corrected chi connectivity index (χ0v) is 11.4. The van der Waals surface area contributed by atoms with E-state index in [1.807, 2.05) is 0 Å². The molecule has 0 radical (unpaired) electrons. The van der Waals surface area contributed by atoms with Crippen molar-refractivity contribution in [3.8, 4) is 0 Å². The predicted molar refractivity (Wildman–Crippen MR) is 71.8 cm³/mol. The van der Waals surface area contributed by atoms with Crippen molar-refractivity contribution in [3.63, 3.8) is 0 Å². The highest BCUT2D eigenvalue weighted by molar-refractivity contribution is 4.93. The molecule has 0 aromatic carbocycles. The zero-order valence-electron chi connectivity index (χ0n) is 11.4. The van der Waals surface area contributed by atoms with Crippen LogP contribution in [0.3, 0.4) is 0 Å². The summed E-state index contributed by atoms with van der Waals surface area (Å²) >= 11 is 0. The van der Waals surface area contributed by atoms with Crippen LogP contribution in [-0.4, -0.2) is 36.1 Å². The molecule has 0 aromatic heterocycles. The second-order valence-corrected chi connectivity index (χ2v) is 5.83. The van der Waals surface area contributed by atoms with E-state index in [9.17, 15) is 0 Å². The lowest BCUT2D eigenvalue weighted by atomic mass is 10.0. The average molecular weight is 224 g/mol. The summed E-state index contributed by atoms with van der Waals surface area (Å²) in [6.45, 7) is 12.5. The summed E-state index contributed by atoms with van der Waals surface area (Å²) in [5.74, 6) is 0. The van der Waals surface area contributed by atoms with Gasteiger partial charge in [0.05, 0.1) is 0 Å². The molecular weight excluding hydrogens is 196 g/mol. The second kappa shape index (κ2) is 6.41. The van der Waals surface area contributed by atoms with E-state index in [2.05, 4.69) is 50.1 Å². The van der Waals surface area contributed by atoms with E-state index in [0.29, 0.717) is 6.04 Å². The first-order valence-corrected chi connectivity index (χ1v) is 6.67. The summed E-state index contributed by atoms with van der Waals surface area (Å²) in [7, 11) is 0. The topological polar surface area (TPSA) is 15.3 Å². The van der Waals surface area contributed by atoms with Crippen molar-refractivity contribution in [3.05, 3.63) is 12.2 Å². The van der Waals surface area contributed by atoms with Crippen LogP contribution in [0.4, 0.5) is 0 Å². The Bertz CT molecular complexity index is 215. The largest absolute Gasteiger partial charge is 0.311 e. The van der Waals surface area contributed by atoms with E-state index in [1.165, 1.54) is 25.8 Å². The van der Waals surface area contributed by atoms with Crippen molar-refractivity contribution in [2.75, 3.05) is 19.6 Å². The lowest BCUT2D eigenvalue weighted by molar-refractivity contribution is 0.187. The third-order valence-electron chi connectivity index (χ3n) is 3.10. The Balaban J connectivity index is 2.43. The van der Waals surface area contributed by atoms with Crippen LogP contribution in [-0.2, 0) is 0 Å². The second-order valence-electron chi connectivity index (χ2n) is 5.83. The molecule has 0 fully saturated rings. The third-order valence-corrected chi connectivity index (χ3v) is 3.10. The number of hydrogen-bond donors (Lipinski definition) is 1. The van der Waals surface area contributed by atoms with E-state index < -0.39 is 0 Å². The monoisotopic (exact) mass is 224 g/mol. The van der Waals surface area contributed by atoms with Gasteiger partial charge in [0.2, 0.25) is 0 Å². The minimum atomic E-state index is 0.234. The van der Waals surface area contributed by atoms with Gasteiger partial charge in [-0.15, -0.1) is 0 Å². The van der Waals surface area contributed by atoms with Crippen molar-refractivity contribution in [1.29, 1.82) is 0 Å². The van der Waals surface area contributed by atoms with Crippen LogP contribution in [0.15, 0.2) is 12.2 Å². The fourth-order valence-corrected chi connectivity index (χ4v) is 2.16. The summed E-state index contributed by atoms with van der Waals surface area (Å²) in [6.07, 6.45) is 8.41. The zero-order chi connectivity index (χ0) is 12.0. The minimum Gasteiger partial charge on any atom is -0.311 e. The van der Waals surface area contributed by atoms with E-state index in [-0.39, 0.29) is 5.54 Å². The number of hydrogen-bond acceptors (Lipinski definition) is 2. The van der Waals surface area contributed by atoms with Crippen LogP contribution in [0, 0.1) is 0 Å². The summed E-state index contributed by atoms with van der Waals surface area (Å²) in [4.78, 5) is 2.61. The first-order chi connectivity index (χ1) is 7.53. The molecule has 2 heteroatoms. The van der Waals surface area contributed by atoms with Crippen LogP contribution in [0.25, 0.3) is 0 Å². The van der Waals surface area contributed by atoms with Crippen LogP contribution in [0.1, 0.15) is 47.0 Å². The molecular formula is C14H28N2. The van der Waals surface area contributed by atoms with Gasteiger partial charge in [0.25, 0.3) is 0 Å². The first kappa shape index (κ1) is 13.7. The Hall–Kier alpha value is -0.340. The molecule has 0 spiro atoms. The molecule has 94 valence electrons. The molecule has 0 saturated heterocycles. The molecule has 1 aliphatic heterocycles. The van der Waals surface area contributed by atoms with E-state index in [0.717, 1.165) is 13.1 Å². The van der Waals surface area contributed by atoms with Crippen LogP contribution < -0.4 is 5.32 Å². The molecule has 2 nitrogen and oxygen atoms in total. The Morgan fingerprint density at radius 1 is 1.31 bits per heavy atom. The maximum atomic E-state index is 3.64. The fraction of sp³-hybridized carbons (Fsp3) is 0.857. The van der Waals surface area contributed by atoms with E-state index >= 15 is 0 Å². The summed E-state index contributed by atoms with van der Waals surface area (Å²) < 4.78 is 0. The van der Waals surface area contributed by atoms with Gasteiger partial charge in [-0.05, 0) is 33.6 Å². The van der Waals surface area contributed by atoms with Gasteiger partial charge in [-0.3, -0.25) is 4.90 Å². The van der Waals surface area contributed by atoms with Gasteiger partial charge in [0, 0.05) is 31.2 Å². The molecule has 0 bridgehead atoms. The lowest BCUT2D eigenvalue weighted by Crippen LogP contribution is -2.48. The molecule has 1 N–H and O–H groups in total. The number of nitrogens with zero attached hydrogens (tertiary/aromatic N) is 1. The summed E-state index contributed by atoms with van der Waals surface area (Å²) in [5.41, 5.74) is 0.234. The molecule has 0 amide bonds. The van der Waals surface area contributed by atoms with E-state index in [4.69, 9.17) is 0 Å². The highest BCUT2D eigenvalue weighted by atomic mass is 15.2. The molecule has 1 heterocycles. The maximum Gasteiger partial charge on any atom is 0.0224 e. The van der Waals surface area contributed by atoms with Gasteiger partial charge in [-0.1, -0.05) is 25.5 Å². The van der Waals surface area contributed by atoms with E-state index in [1.54, 1.807) is 0 Å². The summed E-state index contributed by atoms with van der Waals surface area (Å²) in [5, 5.41) is 3.64. The van der Waals surface area contributed by atoms with Crippen molar-refractivity contribution >= 4 is 0 Å². The smallest absolute Gasteiger partial charge is 0.0224 e. The predicted octanol–water partition coefficient (Wildman–Crippen LogP) is 2.81. The van der Waals surface area contributed by atoms with Crippen molar-refractivity contribution < 1.29 is 0 Å². The lowest BCUT2D eigenvalue weighted by Gasteiger charge is -2.34. The average Bonchev–Trinajstić information content (AvgIpc) is 2.24. The van der Waals surface area contributed by atoms with Gasteiger partial charge in [0.1, 0.15) is 0 Å². The highest BCUT2D eigenvalue weighted by Crippen LogP contribution is 2.12. The Morgan fingerprint density at radius 2 is 2.06 bits per heavy atom. The van der Waals surface area contributed by atoms with Crippen molar-refractivity contribution in [2.45, 2.75) is 58.5 Å². The molecule has 1 rings (SSSR count). The molecule has 0 saturated carbocycles. The van der Waals surface area contributed by atoms with Crippen LogP contribution in [0.2, 0.25) is 0 Å². The van der Waals surface area contributed by atoms with Gasteiger partial charge >= 0.3 is 0 Å². The molecule has 1 unspecified atom stereocenters.